The smallest absolute Gasteiger partial charge is 0.328 e. The van der Waals surface area contributed by atoms with Crippen LogP contribution in [0.1, 0.15) is 26.3 Å². The van der Waals surface area contributed by atoms with Gasteiger partial charge in [0.15, 0.2) is 0 Å². The number of phenols is 1. The molecule has 0 fully saturated rings. The Morgan fingerprint density at radius 2 is 1.94 bits per heavy atom. The van der Waals surface area contributed by atoms with Crippen LogP contribution in [-0.4, -0.2) is 16.2 Å². The van der Waals surface area contributed by atoms with Crippen molar-refractivity contribution in [3.63, 3.8) is 0 Å². The van der Waals surface area contributed by atoms with Crippen molar-refractivity contribution >= 4 is 11.5 Å². The number of rotatable bonds is 2. The first kappa shape index (κ1) is 12.3. The van der Waals surface area contributed by atoms with Gasteiger partial charge in [0.05, 0.1) is 0 Å². The maximum Gasteiger partial charge on any atom is 0.328 e. The molecular weight excluding hydrogens is 204 g/mol. The zero-order chi connectivity index (χ0) is 12.3. The van der Waals surface area contributed by atoms with Crippen molar-refractivity contribution in [1.29, 1.82) is 0 Å². The summed E-state index contributed by atoms with van der Waals surface area (Å²) in [5.74, 6) is -0.841. The Morgan fingerprint density at radius 3 is 2.38 bits per heavy atom. The standard InChI is InChI=1S/C13H16O3/c1-13(2,3)11(8-12(15)16)9-5-4-6-10(14)7-9/h4-8,14H,1-3H3,(H,15,16)/b11-8+. The van der Waals surface area contributed by atoms with Crippen molar-refractivity contribution in [2.45, 2.75) is 20.8 Å². The van der Waals surface area contributed by atoms with E-state index < -0.39 is 5.97 Å². The minimum absolute atomic E-state index is 0.137. The molecule has 0 bridgehead atoms. The van der Waals surface area contributed by atoms with Gasteiger partial charge in [0.25, 0.3) is 0 Å². The van der Waals surface area contributed by atoms with Crippen molar-refractivity contribution in [1.82, 2.24) is 0 Å². The summed E-state index contributed by atoms with van der Waals surface area (Å²) in [6, 6.07) is 6.62. The highest BCUT2D eigenvalue weighted by molar-refractivity contribution is 5.91. The van der Waals surface area contributed by atoms with Gasteiger partial charge in [-0.1, -0.05) is 32.9 Å². The first-order valence-corrected chi connectivity index (χ1v) is 5.05. The lowest BCUT2D eigenvalue weighted by atomic mass is 9.82. The fourth-order valence-corrected chi connectivity index (χ4v) is 1.53. The van der Waals surface area contributed by atoms with Crippen LogP contribution in [0, 0.1) is 5.41 Å². The highest BCUT2D eigenvalue weighted by Gasteiger charge is 2.20. The first-order chi connectivity index (χ1) is 7.30. The van der Waals surface area contributed by atoms with Gasteiger partial charge in [-0.2, -0.15) is 0 Å². The number of carbonyl (C=O) groups is 1. The third-order valence-electron chi connectivity index (χ3n) is 2.23. The number of phenolic OH excluding ortho intramolecular Hbond substituents is 1. The highest BCUT2D eigenvalue weighted by atomic mass is 16.4. The van der Waals surface area contributed by atoms with Crippen molar-refractivity contribution in [2.24, 2.45) is 5.41 Å². The van der Waals surface area contributed by atoms with Gasteiger partial charge in [-0.25, -0.2) is 4.79 Å². The predicted octanol–water partition coefficient (Wildman–Crippen LogP) is 2.91. The van der Waals surface area contributed by atoms with Gasteiger partial charge in [0.1, 0.15) is 5.75 Å². The first-order valence-electron chi connectivity index (χ1n) is 5.05. The minimum Gasteiger partial charge on any atom is -0.508 e. The van der Waals surface area contributed by atoms with Crippen LogP contribution in [0.3, 0.4) is 0 Å². The molecule has 0 atom stereocenters. The number of benzene rings is 1. The molecule has 0 aliphatic rings. The zero-order valence-corrected chi connectivity index (χ0v) is 9.69. The lowest BCUT2D eigenvalue weighted by Gasteiger charge is -2.23. The van der Waals surface area contributed by atoms with Gasteiger partial charge in [0, 0.05) is 6.08 Å². The molecule has 0 saturated heterocycles. The molecule has 16 heavy (non-hydrogen) atoms. The Morgan fingerprint density at radius 1 is 1.31 bits per heavy atom. The van der Waals surface area contributed by atoms with Crippen LogP contribution in [0.4, 0.5) is 0 Å². The molecule has 0 spiro atoms. The molecule has 0 aliphatic carbocycles. The molecule has 1 aromatic carbocycles. The van der Waals surface area contributed by atoms with E-state index in [1.807, 2.05) is 20.8 Å². The molecule has 0 aliphatic heterocycles. The average molecular weight is 220 g/mol. The fourth-order valence-electron chi connectivity index (χ4n) is 1.53. The van der Waals surface area contributed by atoms with Crippen LogP contribution in [0.5, 0.6) is 5.75 Å². The number of hydrogen-bond donors (Lipinski definition) is 2. The molecule has 0 aromatic heterocycles. The monoisotopic (exact) mass is 220 g/mol. The van der Waals surface area contributed by atoms with E-state index in [2.05, 4.69) is 0 Å². The van der Waals surface area contributed by atoms with Gasteiger partial charge >= 0.3 is 5.97 Å². The lowest BCUT2D eigenvalue weighted by Crippen LogP contribution is -2.10. The number of aliphatic carboxylic acids is 1. The molecule has 0 heterocycles. The van der Waals surface area contributed by atoms with Crippen LogP contribution in [0.2, 0.25) is 0 Å². The van der Waals surface area contributed by atoms with E-state index in [4.69, 9.17) is 5.11 Å². The van der Waals surface area contributed by atoms with E-state index in [1.165, 1.54) is 6.08 Å². The number of carboxylic acid groups (broad SMARTS) is 1. The summed E-state index contributed by atoms with van der Waals surface area (Å²) in [6.45, 7) is 5.81. The number of allylic oxidation sites excluding steroid dienone is 1. The average Bonchev–Trinajstić information content (AvgIpc) is 2.12. The summed E-state index contributed by atoms with van der Waals surface area (Å²) in [5, 5.41) is 18.2. The highest BCUT2D eigenvalue weighted by Crippen LogP contribution is 2.34. The molecule has 86 valence electrons. The summed E-state index contributed by atoms with van der Waals surface area (Å²) in [4.78, 5) is 10.8. The summed E-state index contributed by atoms with van der Waals surface area (Å²) >= 11 is 0. The number of aromatic hydroxyl groups is 1. The second-order valence-corrected chi connectivity index (χ2v) is 4.70. The largest absolute Gasteiger partial charge is 0.508 e. The van der Waals surface area contributed by atoms with Crippen LogP contribution in [0.15, 0.2) is 30.3 Å². The number of carboxylic acids is 1. The van der Waals surface area contributed by atoms with E-state index in [1.54, 1.807) is 24.3 Å². The van der Waals surface area contributed by atoms with E-state index >= 15 is 0 Å². The second-order valence-electron chi connectivity index (χ2n) is 4.70. The second kappa shape index (κ2) is 4.39. The van der Waals surface area contributed by atoms with Crippen molar-refractivity contribution in [2.75, 3.05) is 0 Å². The Bertz CT molecular complexity index is 425. The van der Waals surface area contributed by atoms with Crippen LogP contribution < -0.4 is 0 Å². The van der Waals surface area contributed by atoms with Crippen LogP contribution in [0.25, 0.3) is 5.57 Å². The van der Waals surface area contributed by atoms with Crippen LogP contribution >= 0.6 is 0 Å². The summed E-state index contributed by atoms with van der Waals surface area (Å²) < 4.78 is 0. The molecule has 0 unspecified atom stereocenters. The Hall–Kier alpha value is -1.77. The maximum absolute atomic E-state index is 10.8. The van der Waals surface area contributed by atoms with Crippen molar-refractivity contribution in [3.8, 4) is 5.75 Å². The Kier molecular flexibility index (Phi) is 3.38. The third kappa shape index (κ3) is 3.12. The molecule has 2 N–H and O–H groups in total. The van der Waals surface area contributed by atoms with Gasteiger partial charge in [-0.05, 0) is 28.7 Å². The van der Waals surface area contributed by atoms with E-state index in [0.717, 1.165) is 5.56 Å². The normalized spacial score (nSPS) is 12.6. The summed E-state index contributed by atoms with van der Waals surface area (Å²) in [5.41, 5.74) is 1.14. The zero-order valence-electron chi connectivity index (χ0n) is 9.69. The molecule has 0 radical (unpaired) electrons. The van der Waals surface area contributed by atoms with Gasteiger partial charge in [-0.3, -0.25) is 0 Å². The summed E-state index contributed by atoms with van der Waals surface area (Å²) in [6.07, 6.45) is 1.19. The van der Waals surface area contributed by atoms with E-state index in [0.29, 0.717) is 5.57 Å². The predicted molar refractivity (Wildman–Crippen MR) is 63.2 cm³/mol. The third-order valence-corrected chi connectivity index (χ3v) is 2.23. The topological polar surface area (TPSA) is 57.5 Å². The Balaban J connectivity index is 3.28. The fraction of sp³-hybridized carbons (Fsp3) is 0.308. The van der Waals surface area contributed by atoms with Crippen molar-refractivity contribution < 1.29 is 15.0 Å². The lowest BCUT2D eigenvalue weighted by molar-refractivity contribution is -0.131. The Labute approximate surface area is 95.0 Å². The molecule has 0 saturated carbocycles. The van der Waals surface area contributed by atoms with Crippen molar-refractivity contribution in [3.05, 3.63) is 35.9 Å². The van der Waals surface area contributed by atoms with Gasteiger partial charge in [0.2, 0.25) is 0 Å². The van der Waals surface area contributed by atoms with E-state index in [-0.39, 0.29) is 11.2 Å². The summed E-state index contributed by atoms with van der Waals surface area (Å²) in [7, 11) is 0. The molecule has 1 rings (SSSR count). The van der Waals surface area contributed by atoms with Gasteiger partial charge in [-0.15, -0.1) is 0 Å². The SMILES string of the molecule is CC(C)(C)/C(=C/C(=O)O)c1cccc(O)c1. The molecular formula is C13H16O3. The van der Waals surface area contributed by atoms with Crippen LogP contribution in [-0.2, 0) is 4.79 Å². The van der Waals surface area contributed by atoms with Gasteiger partial charge < -0.3 is 10.2 Å². The molecule has 3 nitrogen and oxygen atoms in total. The molecule has 0 amide bonds. The quantitative estimate of drug-likeness (QED) is 0.753. The molecule has 3 heteroatoms. The minimum atomic E-state index is -0.978. The van der Waals surface area contributed by atoms with E-state index in [9.17, 15) is 9.90 Å². The molecule has 1 aromatic rings. The maximum atomic E-state index is 10.8. The number of hydrogen-bond acceptors (Lipinski definition) is 2.